The summed E-state index contributed by atoms with van der Waals surface area (Å²) in [5.41, 5.74) is 0. The molecule has 0 spiro atoms. The van der Waals surface area contributed by atoms with Crippen LogP contribution in [0.2, 0.25) is 0 Å². The van der Waals surface area contributed by atoms with Crippen LogP contribution in [-0.4, -0.2) is 50.0 Å². The lowest BCUT2D eigenvalue weighted by molar-refractivity contribution is -0.180. The van der Waals surface area contributed by atoms with Crippen molar-refractivity contribution in [3.63, 3.8) is 0 Å². The zero-order valence-corrected chi connectivity index (χ0v) is 11.5. The second-order valence-corrected chi connectivity index (χ2v) is 4.73. The Labute approximate surface area is 119 Å². The summed E-state index contributed by atoms with van der Waals surface area (Å²) in [6.07, 6.45) is -4.44. The van der Waals surface area contributed by atoms with Gasteiger partial charge in [-0.3, -0.25) is 4.79 Å². The first-order chi connectivity index (χ1) is 9.87. The lowest BCUT2D eigenvalue weighted by Crippen LogP contribution is -2.45. The van der Waals surface area contributed by atoms with Crippen LogP contribution in [-0.2, 0) is 14.3 Å². The third kappa shape index (κ3) is 4.47. The molecule has 2 heterocycles. The minimum Gasteiger partial charge on any atom is -0.464 e. The van der Waals surface area contributed by atoms with Gasteiger partial charge < -0.3 is 18.8 Å². The van der Waals surface area contributed by atoms with Crippen LogP contribution in [0, 0.1) is 6.92 Å². The van der Waals surface area contributed by atoms with Gasteiger partial charge in [-0.05, 0) is 19.1 Å². The molecule has 1 atom stereocenters. The van der Waals surface area contributed by atoms with Crippen LogP contribution in [0.4, 0.5) is 13.2 Å². The third-order valence-electron chi connectivity index (χ3n) is 3.03. The largest absolute Gasteiger partial charge is 0.464 e. The van der Waals surface area contributed by atoms with Gasteiger partial charge in [-0.15, -0.1) is 0 Å². The lowest BCUT2D eigenvalue weighted by Gasteiger charge is -2.34. The lowest BCUT2D eigenvalue weighted by atomic mass is 10.1. The normalized spacial score (nSPS) is 19.8. The number of morpholine rings is 1. The number of ether oxygens (including phenoxy) is 2. The Morgan fingerprint density at radius 1 is 1.48 bits per heavy atom. The summed E-state index contributed by atoms with van der Waals surface area (Å²) in [6, 6.07) is 3.05. The van der Waals surface area contributed by atoms with Crippen molar-refractivity contribution in [3.05, 3.63) is 23.7 Å². The number of halogens is 3. The zero-order chi connectivity index (χ0) is 15.5. The molecule has 1 saturated heterocycles. The van der Waals surface area contributed by atoms with Crippen LogP contribution < -0.4 is 0 Å². The van der Waals surface area contributed by atoms with E-state index in [1.54, 1.807) is 19.1 Å². The van der Waals surface area contributed by atoms with Crippen molar-refractivity contribution in [1.82, 2.24) is 4.90 Å². The predicted octanol–water partition coefficient (Wildman–Crippen LogP) is 2.07. The number of carbonyl (C=O) groups is 1. The monoisotopic (exact) mass is 307 g/mol. The minimum absolute atomic E-state index is 0.248. The van der Waals surface area contributed by atoms with Gasteiger partial charge in [0.2, 0.25) is 5.91 Å². The van der Waals surface area contributed by atoms with Crippen molar-refractivity contribution >= 4 is 5.91 Å². The summed E-state index contributed by atoms with van der Waals surface area (Å²) in [5.74, 6) is 0.731. The molecule has 1 aromatic rings. The second-order valence-electron chi connectivity index (χ2n) is 4.73. The molecular formula is C13H16F3NO4. The SMILES string of the molecule is Cc1ccc(C2COCCN2C(=O)COCC(F)(F)F)o1. The van der Waals surface area contributed by atoms with Crippen LogP contribution in [0.1, 0.15) is 17.6 Å². The molecule has 1 fully saturated rings. The van der Waals surface area contributed by atoms with Gasteiger partial charge in [-0.25, -0.2) is 0 Å². The maximum absolute atomic E-state index is 12.0. The molecule has 0 N–H and O–H groups in total. The Morgan fingerprint density at radius 3 is 2.86 bits per heavy atom. The number of furan rings is 1. The van der Waals surface area contributed by atoms with Crippen LogP contribution in [0.3, 0.4) is 0 Å². The molecule has 5 nitrogen and oxygen atoms in total. The summed E-state index contributed by atoms with van der Waals surface area (Å²) >= 11 is 0. The van der Waals surface area contributed by atoms with Crippen LogP contribution in [0.5, 0.6) is 0 Å². The average molecular weight is 307 g/mol. The first-order valence-electron chi connectivity index (χ1n) is 6.45. The van der Waals surface area contributed by atoms with Crippen molar-refractivity contribution in [2.75, 3.05) is 33.0 Å². The quantitative estimate of drug-likeness (QED) is 0.854. The maximum Gasteiger partial charge on any atom is 0.411 e. The first-order valence-corrected chi connectivity index (χ1v) is 6.45. The second kappa shape index (κ2) is 6.48. The maximum atomic E-state index is 12.0. The molecule has 1 aliphatic heterocycles. The highest BCUT2D eigenvalue weighted by atomic mass is 19.4. The van der Waals surface area contributed by atoms with E-state index in [2.05, 4.69) is 4.74 Å². The first kappa shape index (κ1) is 15.8. The van der Waals surface area contributed by atoms with Gasteiger partial charge in [0.25, 0.3) is 0 Å². The topological polar surface area (TPSA) is 51.9 Å². The van der Waals surface area contributed by atoms with Crippen molar-refractivity contribution in [2.24, 2.45) is 0 Å². The van der Waals surface area contributed by atoms with E-state index < -0.39 is 31.3 Å². The van der Waals surface area contributed by atoms with Gasteiger partial charge in [0.1, 0.15) is 30.8 Å². The van der Waals surface area contributed by atoms with E-state index in [0.29, 0.717) is 24.7 Å². The molecule has 0 aromatic carbocycles. The Bertz CT molecular complexity index is 486. The summed E-state index contributed by atoms with van der Waals surface area (Å²) < 4.78 is 51.2. The molecule has 2 rings (SSSR count). The molecule has 1 unspecified atom stereocenters. The highest BCUT2D eigenvalue weighted by Crippen LogP contribution is 2.26. The minimum atomic E-state index is -4.44. The molecule has 8 heteroatoms. The van der Waals surface area contributed by atoms with Gasteiger partial charge in [-0.2, -0.15) is 13.2 Å². The summed E-state index contributed by atoms with van der Waals surface area (Å²) in [4.78, 5) is 13.4. The third-order valence-corrected chi connectivity index (χ3v) is 3.03. The van der Waals surface area contributed by atoms with Crippen molar-refractivity contribution < 1.29 is 31.9 Å². The molecule has 0 saturated carbocycles. The number of aryl methyl sites for hydroxylation is 1. The van der Waals surface area contributed by atoms with Gasteiger partial charge in [-0.1, -0.05) is 0 Å². The highest BCUT2D eigenvalue weighted by molar-refractivity contribution is 5.78. The molecule has 0 bridgehead atoms. The standard InChI is InChI=1S/C13H16F3NO4/c1-9-2-3-11(21-9)10-6-19-5-4-17(10)12(18)7-20-8-13(14,15)16/h2-3,10H,4-8H2,1H3. The van der Waals surface area contributed by atoms with Gasteiger partial charge in [0.05, 0.1) is 13.2 Å². The molecule has 0 radical (unpaired) electrons. The van der Waals surface area contributed by atoms with E-state index in [9.17, 15) is 18.0 Å². The zero-order valence-electron chi connectivity index (χ0n) is 11.5. The molecule has 118 valence electrons. The molecule has 1 aromatic heterocycles. The van der Waals surface area contributed by atoms with Crippen molar-refractivity contribution in [2.45, 2.75) is 19.1 Å². The van der Waals surface area contributed by atoms with E-state index in [4.69, 9.17) is 9.15 Å². The fraction of sp³-hybridized carbons (Fsp3) is 0.615. The van der Waals surface area contributed by atoms with Crippen molar-refractivity contribution in [1.29, 1.82) is 0 Å². The van der Waals surface area contributed by atoms with Gasteiger partial charge in [0.15, 0.2) is 0 Å². The number of alkyl halides is 3. The van der Waals surface area contributed by atoms with E-state index >= 15 is 0 Å². The Balaban J connectivity index is 1.96. The Kier molecular flexibility index (Phi) is 4.89. The number of rotatable bonds is 4. The van der Waals surface area contributed by atoms with Crippen LogP contribution >= 0.6 is 0 Å². The number of carbonyl (C=O) groups excluding carboxylic acids is 1. The molecule has 0 aliphatic carbocycles. The van der Waals surface area contributed by atoms with Gasteiger partial charge >= 0.3 is 6.18 Å². The predicted molar refractivity (Wildman–Crippen MR) is 65.6 cm³/mol. The van der Waals surface area contributed by atoms with E-state index in [1.807, 2.05) is 0 Å². The van der Waals surface area contributed by atoms with Crippen LogP contribution in [0.25, 0.3) is 0 Å². The van der Waals surface area contributed by atoms with E-state index in [-0.39, 0.29) is 6.61 Å². The van der Waals surface area contributed by atoms with E-state index in [1.165, 1.54) is 4.90 Å². The van der Waals surface area contributed by atoms with Crippen molar-refractivity contribution in [3.8, 4) is 0 Å². The molecular weight excluding hydrogens is 291 g/mol. The fourth-order valence-electron chi connectivity index (χ4n) is 2.11. The number of amides is 1. The average Bonchev–Trinajstić information content (AvgIpc) is 2.84. The van der Waals surface area contributed by atoms with Gasteiger partial charge in [0, 0.05) is 6.54 Å². The number of hydrogen-bond donors (Lipinski definition) is 0. The Morgan fingerprint density at radius 2 is 2.24 bits per heavy atom. The highest BCUT2D eigenvalue weighted by Gasteiger charge is 2.32. The summed E-state index contributed by atoms with van der Waals surface area (Å²) in [7, 11) is 0. The molecule has 1 aliphatic rings. The van der Waals surface area contributed by atoms with E-state index in [0.717, 1.165) is 0 Å². The smallest absolute Gasteiger partial charge is 0.411 e. The molecule has 21 heavy (non-hydrogen) atoms. The van der Waals surface area contributed by atoms with Crippen LogP contribution in [0.15, 0.2) is 16.5 Å². The molecule has 1 amide bonds. The number of nitrogens with zero attached hydrogens (tertiary/aromatic N) is 1. The fourth-order valence-corrected chi connectivity index (χ4v) is 2.11. The Hall–Kier alpha value is -1.54. The summed E-state index contributed by atoms with van der Waals surface area (Å²) in [5, 5.41) is 0. The summed E-state index contributed by atoms with van der Waals surface area (Å²) in [6.45, 7) is 0.590. The number of hydrogen-bond acceptors (Lipinski definition) is 4.